The van der Waals surface area contributed by atoms with E-state index in [0.29, 0.717) is 18.9 Å². The zero-order valence-corrected chi connectivity index (χ0v) is 19.2. The van der Waals surface area contributed by atoms with Crippen molar-refractivity contribution in [3.63, 3.8) is 0 Å². The first kappa shape index (κ1) is 24.4. The van der Waals surface area contributed by atoms with Crippen LogP contribution in [0.25, 0.3) is 0 Å². The molecule has 33 heavy (non-hydrogen) atoms. The van der Waals surface area contributed by atoms with Gasteiger partial charge in [-0.2, -0.15) is 0 Å². The van der Waals surface area contributed by atoms with Crippen molar-refractivity contribution in [3.8, 4) is 0 Å². The van der Waals surface area contributed by atoms with Crippen LogP contribution in [0.2, 0.25) is 5.02 Å². The Labute approximate surface area is 196 Å². The number of halogens is 1. The number of anilines is 3. The van der Waals surface area contributed by atoms with Crippen LogP contribution in [0.3, 0.4) is 0 Å². The van der Waals surface area contributed by atoms with Crippen LogP contribution in [-0.2, 0) is 14.3 Å². The molecule has 0 spiro atoms. The predicted octanol–water partition coefficient (Wildman–Crippen LogP) is 2.98. The van der Waals surface area contributed by atoms with Gasteiger partial charge in [0.15, 0.2) is 0 Å². The molecular formula is C22H26ClN5O5. The van der Waals surface area contributed by atoms with Gasteiger partial charge in [0.1, 0.15) is 0 Å². The molecule has 1 aliphatic heterocycles. The Balaban J connectivity index is 1.51. The van der Waals surface area contributed by atoms with Crippen molar-refractivity contribution in [1.82, 2.24) is 4.90 Å². The third-order valence-electron chi connectivity index (χ3n) is 5.38. The number of carbonyl (C=O) groups is 2. The van der Waals surface area contributed by atoms with Crippen LogP contribution in [0.1, 0.15) is 6.92 Å². The van der Waals surface area contributed by atoms with E-state index in [1.54, 1.807) is 18.9 Å². The van der Waals surface area contributed by atoms with Crippen LogP contribution in [0.4, 0.5) is 22.7 Å². The minimum atomic E-state index is -0.647. The quantitative estimate of drug-likeness (QED) is 0.445. The van der Waals surface area contributed by atoms with E-state index in [1.165, 1.54) is 18.2 Å². The molecule has 11 heteroatoms. The molecule has 0 aliphatic carbocycles. The molecule has 0 bridgehead atoms. The number of ether oxygens (including phenoxy) is 1. The van der Waals surface area contributed by atoms with Gasteiger partial charge in [-0.05, 0) is 44.3 Å². The first-order valence-electron chi connectivity index (χ1n) is 10.4. The molecule has 0 saturated carbocycles. The van der Waals surface area contributed by atoms with Crippen molar-refractivity contribution < 1.29 is 19.2 Å². The number of likely N-dealkylation sites (N-methyl/N-ethyl adjacent to an activating group) is 1. The average molecular weight is 476 g/mol. The van der Waals surface area contributed by atoms with Gasteiger partial charge in [-0.15, -0.1) is 0 Å². The summed E-state index contributed by atoms with van der Waals surface area (Å²) in [5, 5.41) is 16.3. The number of nitrogens with one attached hydrogen (secondary N) is 2. The van der Waals surface area contributed by atoms with Crippen molar-refractivity contribution >= 4 is 46.2 Å². The Morgan fingerprint density at radius 1 is 1.18 bits per heavy atom. The standard InChI is InChI=1S/C22H26ClN5O5/c1-15(22(30)25-20-8-7-18(28(31)32)13-19(20)23)26(2)14-21(29)24-16-3-5-17(6-4-16)27-9-11-33-12-10-27/h3-8,13,15H,9-12,14H2,1-2H3,(H,24,29)(H,25,30). The van der Waals surface area contributed by atoms with E-state index in [-0.39, 0.29) is 28.8 Å². The van der Waals surface area contributed by atoms with E-state index in [2.05, 4.69) is 15.5 Å². The number of amides is 2. The SMILES string of the molecule is CC(C(=O)Nc1ccc([N+](=O)[O-])cc1Cl)N(C)CC(=O)Nc1ccc(N2CCOCC2)cc1. The van der Waals surface area contributed by atoms with Crippen molar-refractivity contribution in [2.24, 2.45) is 0 Å². The molecule has 10 nitrogen and oxygen atoms in total. The largest absolute Gasteiger partial charge is 0.378 e. The Kier molecular flexibility index (Phi) is 8.21. The van der Waals surface area contributed by atoms with Gasteiger partial charge in [0, 0.05) is 36.6 Å². The molecule has 1 fully saturated rings. The molecule has 2 aromatic rings. The second kappa shape index (κ2) is 11.1. The van der Waals surface area contributed by atoms with Gasteiger partial charge in [0.2, 0.25) is 11.8 Å². The first-order valence-corrected chi connectivity index (χ1v) is 10.8. The van der Waals surface area contributed by atoms with Gasteiger partial charge in [-0.3, -0.25) is 24.6 Å². The van der Waals surface area contributed by atoms with Gasteiger partial charge in [0.25, 0.3) is 5.69 Å². The lowest BCUT2D eigenvalue weighted by atomic mass is 10.2. The van der Waals surface area contributed by atoms with Gasteiger partial charge in [0.05, 0.1) is 41.4 Å². The average Bonchev–Trinajstić information content (AvgIpc) is 2.80. The maximum absolute atomic E-state index is 12.6. The summed E-state index contributed by atoms with van der Waals surface area (Å²) < 4.78 is 5.36. The van der Waals surface area contributed by atoms with Crippen LogP contribution in [0.5, 0.6) is 0 Å². The fourth-order valence-corrected chi connectivity index (χ4v) is 3.52. The molecule has 3 rings (SSSR count). The number of morpholine rings is 1. The fourth-order valence-electron chi connectivity index (χ4n) is 3.30. The molecule has 0 radical (unpaired) electrons. The summed E-state index contributed by atoms with van der Waals surface area (Å²) in [4.78, 5) is 39.1. The minimum Gasteiger partial charge on any atom is -0.378 e. The highest BCUT2D eigenvalue weighted by Crippen LogP contribution is 2.27. The van der Waals surface area contributed by atoms with Gasteiger partial charge in [-0.25, -0.2) is 0 Å². The van der Waals surface area contributed by atoms with Crippen LogP contribution in [-0.4, -0.2) is 67.6 Å². The summed E-state index contributed by atoms with van der Waals surface area (Å²) >= 11 is 6.03. The summed E-state index contributed by atoms with van der Waals surface area (Å²) in [6, 6.07) is 10.7. The lowest BCUT2D eigenvalue weighted by molar-refractivity contribution is -0.384. The molecule has 1 saturated heterocycles. The predicted molar refractivity (Wildman–Crippen MR) is 127 cm³/mol. The molecule has 2 aromatic carbocycles. The van der Waals surface area contributed by atoms with E-state index >= 15 is 0 Å². The number of hydrogen-bond acceptors (Lipinski definition) is 7. The number of nitro groups is 1. The lowest BCUT2D eigenvalue weighted by Gasteiger charge is -2.29. The van der Waals surface area contributed by atoms with Crippen molar-refractivity contribution in [1.29, 1.82) is 0 Å². The van der Waals surface area contributed by atoms with Gasteiger partial charge in [-0.1, -0.05) is 11.6 Å². The molecule has 1 atom stereocenters. The second-order valence-corrected chi connectivity index (χ2v) is 8.10. The molecule has 2 amide bonds. The minimum absolute atomic E-state index is 0.00616. The summed E-state index contributed by atoms with van der Waals surface area (Å²) in [7, 11) is 1.66. The summed E-state index contributed by atoms with van der Waals surface area (Å²) in [6.45, 7) is 4.72. The number of benzene rings is 2. The van der Waals surface area contributed by atoms with Crippen LogP contribution in [0, 0.1) is 10.1 Å². The number of rotatable bonds is 8. The lowest BCUT2D eigenvalue weighted by Crippen LogP contribution is -2.43. The van der Waals surface area contributed by atoms with Crippen LogP contribution < -0.4 is 15.5 Å². The zero-order valence-electron chi connectivity index (χ0n) is 18.4. The molecule has 1 unspecified atom stereocenters. The van der Waals surface area contributed by atoms with Crippen LogP contribution in [0.15, 0.2) is 42.5 Å². The van der Waals surface area contributed by atoms with Gasteiger partial charge < -0.3 is 20.3 Å². The normalized spacial score (nSPS) is 14.6. The van der Waals surface area contributed by atoms with E-state index in [4.69, 9.17) is 16.3 Å². The van der Waals surface area contributed by atoms with Crippen molar-refractivity contribution in [2.45, 2.75) is 13.0 Å². The number of non-ortho nitro benzene ring substituents is 1. The monoisotopic (exact) mass is 475 g/mol. The molecular weight excluding hydrogens is 450 g/mol. The Morgan fingerprint density at radius 2 is 1.85 bits per heavy atom. The Hall–Kier alpha value is -3.21. The van der Waals surface area contributed by atoms with E-state index in [9.17, 15) is 19.7 Å². The number of nitrogens with zero attached hydrogens (tertiary/aromatic N) is 3. The highest BCUT2D eigenvalue weighted by molar-refractivity contribution is 6.34. The zero-order chi connectivity index (χ0) is 24.0. The third kappa shape index (κ3) is 6.64. The molecule has 2 N–H and O–H groups in total. The summed E-state index contributed by atoms with van der Waals surface area (Å²) in [6.07, 6.45) is 0. The topological polar surface area (TPSA) is 117 Å². The molecule has 1 heterocycles. The van der Waals surface area contributed by atoms with E-state index in [1.807, 2.05) is 24.3 Å². The highest BCUT2D eigenvalue weighted by atomic mass is 35.5. The van der Waals surface area contributed by atoms with Gasteiger partial charge >= 0.3 is 0 Å². The maximum atomic E-state index is 12.6. The Bertz CT molecular complexity index is 1010. The smallest absolute Gasteiger partial charge is 0.271 e. The number of nitro benzene ring substituents is 1. The molecule has 176 valence electrons. The maximum Gasteiger partial charge on any atom is 0.271 e. The highest BCUT2D eigenvalue weighted by Gasteiger charge is 2.22. The van der Waals surface area contributed by atoms with Crippen molar-refractivity contribution in [3.05, 3.63) is 57.6 Å². The molecule has 1 aliphatic rings. The Morgan fingerprint density at radius 3 is 2.45 bits per heavy atom. The van der Waals surface area contributed by atoms with Crippen molar-refractivity contribution in [2.75, 3.05) is 55.4 Å². The van der Waals surface area contributed by atoms with E-state index < -0.39 is 16.9 Å². The fraction of sp³-hybridized carbons (Fsp3) is 0.364. The number of hydrogen-bond donors (Lipinski definition) is 2. The second-order valence-electron chi connectivity index (χ2n) is 7.70. The van der Waals surface area contributed by atoms with E-state index in [0.717, 1.165) is 18.8 Å². The number of carbonyl (C=O) groups excluding carboxylic acids is 2. The first-order chi connectivity index (χ1) is 15.7. The van der Waals surface area contributed by atoms with Crippen LogP contribution >= 0.6 is 11.6 Å². The summed E-state index contributed by atoms with van der Waals surface area (Å²) in [5.41, 5.74) is 1.83. The third-order valence-corrected chi connectivity index (χ3v) is 5.69. The molecule has 0 aromatic heterocycles. The summed E-state index contributed by atoms with van der Waals surface area (Å²) in [5.74, 6) is -0.652.